The van der Waals surface area contributed by atoms with Crippen LogP contribution in [0.15, 0.2) is 76.1 Å². The van der Waals surface area contributed by atoms with Gasteiger partial charge in [-0.25, -0.2) is 4.99 Å². The van der Waals surface area contributed by atoms with Gasteiger partial charge in [0.1, 0.15) is 0 Å². The van der Waals surface area contributed by atoms with Gasteiger partial charge in [0.15, 0.2) is 0 Å². The van der Waals surface area contributed by atoms with Crippen molar-refractivity contribution >= 4 is 29.5 Å². The number of unbranched alkanes of at least 4 members (excludes halogenated alkanes) is 1. The standard InChI is InChI=1S/C22H24F3N3S.C2H6/c1-3-4-7-16(2)28-19-10-5-8-17(12-19)21(27-15-26)14-29-20-11-6-9-18(13-20)22(23,24)25;1-2/h5-6,8-15,28H,2-4,7H2,1H3,(H2,26,27);1-2H3/b21-14-;. The fraction of sp³-hybridized carbons (Fsp3) is 0.292. The molecule has 2 aromatic carbocycles. The lowest BCUT2D eigenvalue weighted by molar-refractivity contribution is -0.137. The zero-order valence-corrected chi connectivity index (χ0v) is 19.0. The maximum Gasteiger partial charge on any atom is 0.416 e. The molecule has 0 bridgehead atoms. The predicted molar refractivity (Wildman–Crippen MR) is 128 cm³/mol. The first-order chi connectivity index (χ1) is 14.8. The van der Waals surface area contributed by atoms with Gasteiger partial charge < -0.3 is 11.1 Å². The van der Waals surface area contributed by atoms with Gasteiger partial charge in [-0.2, -0.15) is 13.2 Å². The minimum Gasteiger partial charge on any atom is -0.390 e. The number of anilines is 1. The molecule has 168 valence electrons. The van der Waals surface area contributed by atoms with E-state index in [-0.39, 0.29) is 0 Å². The van der Waals surface area contributed by atoms with Crippen molar-refractivity contribution in [2.75, 3.05) is 5.32 Å². The molecule has 0 aromatic heterocycles. The quantitative estimate of drug-likeness (QED) is 0.232. The molecule has 0 heterocycles. The van der Waals surface area contributed by atoms with Crippen LogP contribution in [0.4, 0.5) is 18.9 Å². The molecule has 2 rings (SSSR count). The van der Waals surface area contributed by atoms with E-state index in [1.54, 1.807) is 11.5 Å². The van der Waals surface area contributed by atoms with Crippen molar-refractivity contribution in [1.29, 1.82) is 0 Å². The zero-order valence-electron chi connectivity index (χ0n) is 18.2. The van der Waals surface area contributed by atoms with Crippen LogP contribution in [0.2, 0.25) is 0 Å². The van der Waals surface area contributed by atoms with Gasteiger partial charge in [0, 0.05) is 27.3 Å². The highest BCUT2D eigenvalue weighted by Crippen LogP contribution is 2.33. The molecule has 0 saturated heterocycles. The van der Waals surface area contributed by atoms with Crippen LogP contribution < -0.4 is 11.1 Å². The summed E-state index contributed by atoms with van der Waals surface area (Å²) < 4.78 is 38.7. The molecule has 0 atom stereocenters. The fourth-order valence-electron chi connectivity index (χ4n) is 2.54. The Morgan fingerprint density at radius 3 is 2.52 bits per heavy atom. The van der Waals surface area contributed by atoms with E-state index in [9.17, 15) is 13.2 Å². The van der Waals surface area contributed by atoms with E-state index in [4.69, 9.17) is 5.73 Å². The van der Waals surface area contributed by atoms with Crippen molar-refractivity contribution in [3.8, 4) is 0 Å². The zero-order chi connectivity index (χ0) is 23.3. The highest BCUT2D eigenvalue weighted by atomic mass is 32.2. The smallest absolute Gasteiger partial charge is 0.390 e. The normalized spacial score (nSPS) is 11.7. The topological polar surface area (TPSA) is 50.4 Å². The summed E-state index contributed by atoms with van der Waals surface area (Å²) in [5.74, 6) is 0. The minimum absolute atomic E-state index is 0.465. The molecular formula is C24H30F3N3S. The Kier molecular flexibility index (Phi) is 11.6. The van der Waals surface area contributed by atoms with E-state index in [0.717, 1.165) is 60.1 Å². The summed E-state index contributed by atoms with van der Waals surface area (Å²) in [5, 5.41) is 4.96. The Hall–Kier alpha value is -2.67. The SMILES string of the molecule is C=C(CCCC)Nc1cccc(/C(=C/Sc2cccc(C(F)(F)F)c2)N=CN)c1.CC. The summed E-state index contributed by atoms with van der Waals surface area (Å²) >= 11 is 1.16. The van der Waals surface area contributed by atoms with Crippen molar-refractivity contribution in [2.24, 2.45) is 10.7 Å². The van der Waals surface area contributed by atoms with E-state index in [2.05, 4.69) is 23.8 Å². The molecule has 7 heteroatoms. The van der Waals surface area contributed by atoms with Crippen LogP contribution in [0, 0.1) is 0 Å². The van der Waals surface area contributed by atoms with Crippen LogP contribution in [0.5, 0.6) is 0 Å². The lowest BCUT2D eigenvalue weighted by atomic mass is 10.1. The van der Waals surface area contributed by atoms with Gasteiger partial charge in [-0.3, -0.25) is 0 Å². The van der Waals surface area contributed by atoms with Crippen molar-refractivity contribution < 1.29 is 13.2 Å². The average molecular weight is 450 g/mol. The number of nitrogens with two attached hydrogens (primary N) is 1. The number of halogens is 3. The number of hydrogen-bond donors (Lipinski definition) is 2. The molecule has 3 N–H and O–H groups in total. The first kappa shape index (κ1) is 26.4. The van der Waals surface area contributed by atoms with Crippen LogP contribution in [-0.4, -0.2) is 6.34 Å². The molecule has 31 heavy (non-hydrogen) atoms. The number of nitrogens with one attached hydrogen (secondary N) is 1. The Balaban J connectivity index is 0.00000233. The van der Waals surface area contributed by atoms with E-state index < -0.39 is 11.7 Å². The number of rotatable bonds is 9. The van der Waals surface area contributed by atoms with Crippen molar-refractivity contribution in [1.82, 2.24) is 0 Å². The van der Waals surface area contributed by atoms with Crippen molar-refractivity contribution in [2.45, 2.75) is 51.1 Å². The molecule has 0 amide bonds. The second-order valence-electron chi connectivity index (χ2n) is 6.34. The maximum atomic E-state index is 12.9. The predicted octanol–water partition coefficient (Wildman–Crippen LogP) is 7.93. The molecule has 0 spiro atoms. The third-order valence-electron chi connectivity index (χ3n) is 3.99. The Labute approximate surface area is 187 Å². The molecule has 0 saturated carbocycles. The van der Waals surface area contributed by atoms with Crippen LogP contribution in [0.1, 0.15) is 51.2 Å². The second-order valence-corrected chi connectivity index (χ2v) is 7.28. The third kappa shape index (κ3) is 9.34. The van der Waals surface area contributed by atoms with Crippen molar-refractivity contribution in [3.63, 3.8) is 0 Å². The Bertz CT molecular complexity index is 890. The molecule has 0 aliphatic carbocycles. The van der Waals surface area contributed by atoms with Crippen LogP contribution in [-0.2, 0) is 6.18 Å². The third-order valence-corrected chi connectivity index (χ3v) is 4.86. The highest BCUT2D eigenvalue weighted by Gasteiger charge is 2.30. The first-order valence-electron chi connectivity index (χ1n) is 10.2. The van der Waals surface area contributed by atoms with Gasteiger partial charge in [0.25, 0.3) is 0 Å². The largest absolute Gasteiger partial charge is 0.416 e. The van der Waals surface area contributed by atoms with E-state index in [1.807, 2.05) is 38.1 Å². The molecule has 0 unspecified atom stereocenters. The fourth-order valence-corrected chi connectivity index (χ4v) is 3.33. The summed E-state index contributed by atoms with van der Waals surface area (Å²) in [7, 11) is 0. The van der Waals surface area contributed by atoms with Gasteiger partial charge >= 0.3 is 6.18 Å². The van der Waals surface area contributed by atoms with E-state index in [0.29, 0.717) is 10.6 Å². The lowest BCUT2D eigenvalue weighted by Crippen LogP contribution is -2.04. The molecule has 0 aliphatic rings. The molecular weight excluding hydrogens is 419 g/mol. The molecule has 0 fully saturated rings. The summed E-state index contributed by atoms with van der Waals surface area (Å²) in [5.41, 5.74) is 7.92. The van der Waals surface area contributed by atoms with Crippen LogP contribution in [0.25, 0.3) is 5.70 Å². The highest BCUT2D eigenvalue weighted by molar-refractivity contribution is 8.02. The number of hydrogen-bond acceptors (Lipinski definition) is 3. The van der Waals surface area contributed by atoms with E-state index >= 15 is 0 Å². The molecule has 3 nitrogen and oxygen atoms in total. The summed E-state index contributed by atoms with van der Waals surface area (Å²) in [6.45, 7) is 10.2. The number of aliphatic imine (C=N–C) groups is 1. The van der Waals surface area contributed by atoms with Gasteiger partial charge in [-0.1, -0.05) is 63.7 Å². The number of allylic oxidation sites excluding steroid dienone is 1. The number of benzene rings is 2. The van der Waals surface area contributed by atoms with Crippen LogP contribution >= 0.6 is 11.8 Å². The van der Waals surface area contributed by atoms with Crippen LogP contribution in [0.3, 0.4) is 0 Å². The lowest BCUT2D eigenvalue weighted by Gasteiger charge is -2.11. The number of thioether (sulfide) groups is 1. The summed E-state index contributed by atoms with van der Waals surface area (Å²) in [6, 6.07) is 12.7. The maximum absolute atomic E-state index is 12.9. The Morgan fingerprint density at radius 1 is 1.16 bits per heavy atom. The Morgan fingerprint density at radius 2 is 1.87 bits per heavy atom. The van der Waals surface area contributed by atoms with Crippen molar-refractivity contribution in [3.05, 3.63) is 77.3 Å². The van der Waals surface area contributed by atoms with Gasteiger partial charge in [0.05, 0.1) is 17.6 Å². The second kappa shape index (κ2) is 13.6. The minimum atomic E-state index is -4.38. The van der Waals surface area contributed by atoms with E-state index in [1.165, 1.54) is 12.4 Å². The molecule has 0 aliphatic heterocycles. The molecule has 2 aromatic rings. The average Bonchev–Trinajstić information content (AvgIpc) is 2.76. The summed E-state index contributed by atoms with van der Waals surface area (Å²) in [4.78, 5) is 4.64. The summed E-state index contributed by atoms with van der Waals surface area (Å²) in [6.07, 6.45) is -0.180. The number of alkyl halides is 3. The first-order valence-corrected chi connectivity index (χ1v) is 11.0. The molecule has 0 radical (unpaired) electrons. The van der Waals surface area contributed by atoms with Gasteiger partial charge in [-0.15, -0.1) is 0 Å². The monoisotopic (exact) mass is 449 g/mol. The van der Waals surface area contributed by atoms with Gasteiger partial charge in [0.2, 0.25) is 0 Å². The number of nitrogens with zero attached hydrogens (tertiary/aromatic N) is 1. The van der Waals surface area contributed by atoms with Gasteiger partial charge in [-0.05, 0) is 43.2 Å².